The quantitative estimate of drug-likeness (QED) is 0.336. The molecule has 0 saturated heterocycles. The van der Waals surface area contributed by atoms with Gasteiger partial charge in [0, 0.05) is 6.54 Å². The predicted molar refractivity (Wildman–Crippen MR) is 67.2 cm³/mol. The summed E-state index contributed by atoms with van der Waals surface area (Å²) in [7, 11) is 0. The maximum absolute atomic E-state index is 10.7. The predicted octanol–water partition coefficient (Wildman–Crippen LogP) is 3.09. The Hall–Kier alpha value is -0.410. The van der Waals surface area contributed by atoms with Gasteiger partial charge < -0.3 is 4.79 Å². The van der Waals surface area contributed by atoms with Crippen molar-refractivity contribution < 1.29 is 9.63 Å². The molecule has 0 aromatic rings. The highest BCUT2D eigenvalue weighted by Gasteiger charge is 2.07. The fraction of sp³-hybridized carbons (Fsp3) is 0.923. The lowest BCUT2D eigenvalue weighted by Crippen LogP contribution is -2.28. The topological polar surface area (TPSA) is 38.3 Å². The number of aldehydes is 1. The van der Waals surface area contributed by atoms with Crippen molar-refractivity contribution in [3.05, 3.63) is 0 Å². The minimum absolute atomic E-state index is 0.277. The molecule has 0 aliphatic heterocycles. The molecule has 0 aliphatic carbocycles. The van der Waals surface area contributed by atoms with Crippen molar-refractivity contribution in [1.29, 1.82) is 0 Å². The summed E-state index contributed by atoms with van der Waals surface area (Å²) in [4.78, 5) is 16.0. The molecule has 3 heteroatoms. The fourth-order valence-electron chi connectivity index (χ4n) is 1.43. The van der Waals surface area contributed by atoms with E-state index in [9.17, 15) is 4.79 Å². The van der Waals surface area contributed by atoms with E-state index in [0.29, 0.717) is 5.92 Å². The molecule has 0 spiro atoms. The molecule has 1 atom stereocenters. The molecule has 0 bridgehead atoms. The Morgan fingerprint density at radius 1 is 1.19 bits per heavy atom. The molecular weight excluding hydrogens is 202 g/mol. The summed E-state index contributed by atoms with van der Waals surface area (Å²) in [6, 6.07) is 0. The van der Waals surface area contributed by atoms with Crippen LogP contribution in [0.15, 0.2) is 0 Å². The lowest BCUT2D eigenvalue weighted by atomic mass is 10.1. The van der Waals surface area contributed by atoms with Crippen molar-refractivity contribution in [3.63, 3.8) is 0 Å². The molecule has 0 heterocycles. The van der Waals surface area contributed by atoms with E-state index in [1.165, 1.54) is 25.7 Å². The SMILES string of the molecule is CCCCCCCC(C=O)ONCC(C)C. The second-order valence-corrected chi connectivity index (χ2v) is 4.74. The van der Waals surface area contributed by atoms with Gasteiger partial charge in [-0.05, 0) is 12.3 Å². The molecule has 3 nitrogen and oxygen atoms in total. The van der Waals surface area contributed by atoms with Crippen LogP contribution in [0.3, 0.4) is 0 Å². The van der Waals surface area contributed by atoms with Gasteiger partial charge in [-0.2, -0.15) is 0 Å². The summed E-state index contributed by atoms with van der Waals surface area (Å²) in [5.74, 6) is 0.539. The van der Waals surface area contributed by atoms with Crippen molar-refractivity contribution in [2.24, 2.45) is 5.92 Å². The Morgan fingerprint density at radius 2 is 1.88 bits per heavy atom. The van der Waals surface area contributed by atoms with E-state index in [4.69, 9.17) is 4.84 Å². The molecule has 0 rings (SSSR count). The molecule has 0 aliphatic rings. The number of hydrogen-bond acceptors (Lipinski definition) is 3. The van der Waals surface area contributed by atoms with Gasteiger partial charge in [0.05, 0.1) is 0 Å². The van der Waals surface area contributed by atoms with Crippen LogP contribution >= 0.6 is 0 Å². The van der Waals surface area contributed by atoms with E-state index < -0.39 is 0 Å². The number of hydroxylamine groups is 1. The van der Waals surface area contributed by atoms with E-state index in [2.05, 4.69) is 26.3 Å². The lowest BCUT2D eigenvalue weighted by Gasteiger charge is -2.13. The van der Waals surface area contributed by atoms with Crippen molar-refractivity contribution in [2.45, 2.75) is 65.4 Å². The standard InChI is InChI=1S/C13H27NO2/c1-4-5-6-7-8-9-13(11-15)16-14-10-12(2)3/h11-14H,4-10H2,1-3H3. The lowest BCUT2D eigenvalue weighted by molar-refractivity contribution is -0.124. The van der Waals surface area contributed by atoms with E-state index >= 15 is 0 Å². The molecule has 16 heavy (non-hydrogen) atoms. The van der Waals surface area contributed by atoms with Gasteiger partial charge in [0.2, 0.25) is 0 Å². The second-order valence-electron chi connectivity index (χ2n) is 4.74. The minimum Gasteiger partial charge on any atom is -0.300 e. The normalized spacial score (nSPS) is 13.0. The number of unbranched alkanes of at least 4 members (excludes halogenated alkanes) is 4. The smallest absolute Gasteiger partial charge is 0.150 e. The van der Waals surface area contributed by atoms with Gasteiger partial charge in [-0.15, -0.1) is 0 Å². The van der Waals surface area contributed by atoms with Crippen LogP contribution in [0.2, 0.25) is 0 Å². The molecular formula is C13H27NO2. The van der Waals surface area contributed by atoms with Gasteiger partial charge >= 0.3 is 0 Å². The second kappa shape index (κ2) is 11.1. The van der Waals surface area contributed by atoms with Crippen molar-refractivity contribution in [3.8, 4) is 0 Å². The van der Waals surface area contributed by atoms with Crippen LogP contribution < -0.4 is 5.48 Å². The maximum atomic E-state index is 10.7. The molecule has 0 saturated carbocycles. The number of carbonyl (C=O) groups is 1. The Labute approximate surface area is 99.9 Å². The third kappa shape index (κ3) is 10.1. The van der Waals surface area contributed by atoms with Crippen LogP contribution in [0.25, 0.3) is 0 Å². The van der Waals surface area contributed by atoms with E-state index in [1.54, 1.807) is 0 Å². The van der Waals surface area contributed by atoms with E-state index in [0.717, 1.165) is 25.7 Å². The maximum Gasteiger partial charge on any atom is 0.150 e. The van der Waals surface area contributed by atoms with Crippen molar-refractivity contribution >= 4 is 6.29 Å². The minimum atomic E-state index is -0.277. The summed E-state index contributed by atoms with van der Waals surface area (Å²) in [6.07, 6.45) is 7.54. The van der Waals surface area contributed by atoms with Gasteiger partial charge in [0.25, 0.3) is 0 Å². The summed E-state index contributed by atoms with van der Waals surface area (Å²) in [6.45, 7) is 7.21. The first-order valence-corrected chi connectivity index (χ1v) is 6.54. The van der Waals surface area contributed by atoms with Crippen LogP contribution in [-0.2, 0) is 9.63 Å². The van der Waals surface area contributed by atoms with E-state index in [1.807, 2.05) is 0 Å². The molecule has 0 fully saturated rings. The number of rotatable bonds is 11. The molecule has 1 unspecified atom stereocenters. The summed E-state index contributed by atoms with van der Waals surface area (Å²) in [5.41, 5.74) is 2.86. The molecule has 0 amide bonds. The fourth-order valence-corrected chi connectivity index (χ4v) is 1.43. The monoisotopic (exact) mass is 229 g/mol. The van der Waals surface area contributed by atoms with Gasteiger partial charge in [0.15, 0.2) is 6.29 Å². The van der Waals surface area contributed by atoms with Crippen LogP contribution in [0.1, 0.15) is 59.3 Å². The first kappa shape index (κ1) is 15.6. The van der Waals surface area contributed by atoms with Crippen molar-refractivity contribution in [1.82, 2.24) is 5.48 Å². The largest absolute Gasteiger partial charge is 0.300 e. The number of nitrogens with one attached hydrogen (secondary N) is 1. The zero-order valence-electron chi connectivity index (χ0n) is 11.0. The van der Waals surface area contributed by atoms with Crippen LogP contribution in [0.5, 0.6) is 0 Å². The highest BCUT2D eigenvalue weighted by atomic mass is 16.7. The molecule has 0 aromatic heterocycles. The Bertz CT molecular complexity index is 160. The highest BCUT2D eigenvalue weighted by Crippen LogP contribution is 2.07. The van der Waals surface area contributed by atoms with Crippen LogP contribution in [0, 0.1) is 5.92 Å². The zero-order chi connectivity index (χ0) is 12.2. The first-order valence-electron chi connectivity index (χ1n) is 6.54. The first-order chi connectivity index (χ1) is 7.70. The Kier molecular flexibility index (Phi) is 10.8. The van der Waals surface area contributed by atoms with Gasteiger partial charge in [-0.25, -0.2) is 5.48 Å². The summed E-state index contributed by atoms with van der Waals surface area (Å²) < 4.78 is 0. The summed E-state index contributed by atoms with van der Waals surface area (Å²) in [5, 5.41) is 0. The van der Waals surface area contributed by atoms with E-state index in [-0.39, 0.29) is 6.10 Å². The van der Waals surface area contributed by atoms with Crippen LogP contribution in [0.4, 0.5) is 0 Å². The number of hydrogen-bond donors (Lipinski definition) is 1. The highest BCUT2D eigenvalue weighted by molar-refractivity contribution is 5.55. The van der Waals surface area contributed by atoms with Crippen molar-refractivity contribution in [2.75, 3.05) is 6.54 Å². The number of carbonyl (C=O) groups excluding carboxylic acids is 1. The molecule has 1 N–H and O–H groups in total. The zero-order valence-corrected chi connectivity index (χ0v) is 11.0. The third-order valence-corrected chi connectivity index (χ3v) is 2.47. The van der Waals surface area contributed by atoms with Crippen LogP contribution in [-0.4, -0.2) is 18.9 Å². The Morgan fingerprint density at radius 3 is 2.44 bits per heavy atom. The Balaban J connectivity index is 3.40. The average Bonchev–Trinajstić information content (AvgIpc) is 2.26. The van der Waals surface area contributed by atoms with Gasteiger partial charge in [0.1, 0.15) is 6.10 Å². The van der Waals surface area contributed by atoms with Gasteiger partial charge in [-0.1, -0.05) is 52.9 Å². The third-order valence-electron chi connectivity index (χ3n) is 2.47. The summed E-state index contributed by atoms with van der Waals surface area (Å²) >= 11 is 0. The molecule has 96 valence electrons. The molecule has 0 aromatic carbocycles. The average molecular weight is 229 g/mol. The van der Waals surface area contributed by atoms with Gasteiger partial charge in [-0.3, -0.25) is 4.84 Å². The molecule has 0 radical (unpaired) electrons.